The molecular weight excluding hydrogens is 224 g/mol. The molecule has 0 saturated heterocycles. The van der Waals surface area contributed by atoms with Crippen LogP contribution in [-0.2, 0) is 4.79 Å². The van der Waals surface area contributed by atoms with Crippen LogP contribution in [0.4, 0.5) is 0 Å². The number of carbonyl (C=O) groups excluding carboxylic acids is 1. The van der Waals surface area contributed by atoms with Crippen molar-refractivity contribution in [2.24, 2.45) is 11.8 Å². The maximum atomic E-state index is 12.5. The summed E-state index contributed by atoms with van der Waals surface area (Å²) >= 11 is 0. The second-order valence-electron chi connectivity index (χ2n) is 5.45. The summed E-state index contributed by atoms with van der Waals surface area (Å²) in [6.07, 6.45) is 8.30. The van der Waals surface area contributed by atoms with Crippen LogP contribution >= 0.6 is 0 Å². The van der Waals surface area contributed by atoms with Crippen LogP contribution in [0.2, 0.25) is 0 Å². The van der Waals surface area contributed by atoms with Gasteiger partial charge in [-0.25, -0.2) is 0 Å². The van der Waals surface area contributed by atoms with E-state index in [9.17, 15) is 4.79 Å². The molecule has 3 heteroatoms. The number of amides is 1. The third-order valence-electron chi connectivity index (χ3n) is 3.86. The Morgan fingerprint density at radius 3 is 2.33 bits per heavy atom. The van der Waals surface area contributed by atoms with Crippen molar-refractivity contribution < 1.29 is 4.79 Å². The Bertz CT molecular complexity index is 287. The fraction of sp³-hybridized carbons (Fsp3) is 0.867. The third-order valence-corrected chi connectivity index (χ3v) is 3.86. The molecule has 0 aromatic rings. The monoisotopic (exact) mass is 250 g/mol. The summed E-state index contributed by atoms with van der Waals surface area (Å²) in [5.41, 5.74) is 0. The first-order valence-corrected chi connectivity index (χ1v) is 7.37. The van der Waals surface area contributed by atoms with Crippen molar-refractivity contribution in [3.63, 3.8) is 0 Å². The Kier molecular flexibility index (Phi) is 6.78. The van der Waals surface area contributed by atoms with Gasteiger partial charge in [0.05, 0.1) is 12.0 Å². The van der Waals surface area contributed by atoms with Gasteiger partial charge in [-0.15, -0.1) is 0 Å². The Hall–Kier alpha value is -1.04. The van der Waals surface area contributed by atoms with Gasteiger partial charge < -0.3 is 4.90 Å². The van der Waals surface area contributed by atoms with Gasteiger partial charge in [0.15, 0.2) is 0 Å². The highest BCUT2D eigenvalue weighted by atomic mass is 16.2. The highest BCUT2D eigenvalue weighted by Crippen LogP contribution is 2.24. The maximum Gasteiger partial charge on any atom is 0.225 e. The van der Waals surface area contributed by atoms with E-state index < -0.39 is 0 Å². The van der Waals surface area contributed by atoms with E-state index in [4.69, 9.17) is 5.26 Å². The van der Waals surface area contributed by atoms with E-state index in [0.29, 0.717) is 6.54 Å². The van der Waals surface area contributed by atoms with Crippen LogP contribution in [0, 0.1) is 23.2 Å². The summed E-state index contributed by atoms with van der Waals surface area (Å²) in [6, 6.07) is 2.22. The van der Waals surface area contributed by atoms with E-state index in [1.54, 1.807) is 0 Å². The van der Waals surface area contributed by atoms with E-state index >= 15 is 0 Å². The highest BCUT2D eigenvalue weighted by Gasteiger charge is 2.24. The van der Waals surface area contributed by atoms with Gasteiger partial charge in [0.2, 0.25) is 5.91 Å². The van der Waals surface area contributed by atoms with Crippen LogP contribution in [0.1, 0.15) is 58.8 Å². The molecular formula is C15H26N2O. The molecule has 18 heavy (non-hydrogen) atoms. The van der Waals surface area contributed by atoms with Crippen LogP contribution in [0.3, 0.4) is 0 Å². The lowest BCUT2D eigenvalue weighted by atomic mass is 9.90. The normalized spacial score (nSPS) is 19.4. The molecule has 102 valence electrons. The molecule has 0 aliphatic heterocycles. The fourth-order valence-electron chi connectivity index (χ4n) is 2.71. The lowest BCUT2D eigenvalue weighted by molar-refractivity contribution is -0.136. The Morgan fingerprint density at radius 2 is 1.83 bits per heavy atom. The summed E-state index contributed by atoms with van der Waals surface area (Å²) in [5.74, 6) is 0.417. The topological polar surface area (TPSA) is 44.1 Å². The summed E-state index contributed by atoms with van der Waals surface area (Å²) in [4.78, 5) is 14.3. The van der Waals surface area contributed by atoms with E-state index in [1.807, 2.05) is 18.7 Å². The van der Waals surface area contributed by atoms with Crippen LogP contribution in [0.15, 0.2) is 0 Å². The molecule has 1 rings (SSSR count). The predicted molar refractivity (Wildman–Crippen MR) is 72.8 cm³/mol. The minimum absolute atomic E-state index is 0.0672. The van der Waals surface area contributed by atoms with Gasteiger partial charge in [0.1, 0.15) is 0 Å². The van der Waals surface area contributed by atoms with Crippen LogP contribution in [-0.4, -0.2) is 23.9 Å². The molecule has 0 N–H and O–H groups in total. The largest absolute Gasteiger partial charge is 0.341 e. The van der Waals surface area contributed by atoms with E-state index in [2.05, 4.69) is 6.07 Å². The van der Waals surface area contributed by atoms with E-state index in [1.165, 1.54) is 32.1 Å². The highest BCUT2D eigenvalue weighted by molar-refractivity contribution is 5.78. The van der Waals surface area contributed by atoms with Crippen LogP contribution in [0.5, 0.6) is 0 Å². The predicted octanol–water partition coefficient (Wildman–Crippen LogP) is 3.36. The number of hydrogen-bond donors (Lipinski definition) is 0. The number of hydrogen-bond acceptors (Lipinski definition) is 2. The van der Waals surface area contributed by atoms with Gasteiger partial charge in [-0.1, -0.05) is 32.1 Å². The van der Waals surface area contributed by atoms with E-state index in [0.717, 1.165) is 19.4 Å². The van der Waals surface area contributed by atoms with Crippen molar-refractivity contribution in [2.75, 3.05) is 13.1 Å². The zero-order chi connectivity index (χ0) is 13.4. The molecule has 0 aromatic carbocycles. The van der Waals surface area contributed by atoms with Crippen molar-refractivity contribution in [3.05, 3.63) is 0 Å². The van der Waals surface area contributed by atoms with Crippen LogP contribution in [0.25, 0.3) is 0 Å². The molecule has 1 saturated carbocycles. The first-order valence-electron chi connectivity index (χ1n) is 7.37. The number of nitriles is 1. The average molecular weight is 250 g/mol. The van der Waals surface area contributed by atoms with Crippen molar-refractivity contribution in [1.29, 1.82) is 5.26 Å². The first kappa shape index (κ1) is 15.0. The zero-order valence-corrected chi connectivity index (χ0v) is 11.8. The minimum Gasteiger partial charge on any atom is -0.341 e. The molecule has 1 aliphatic rings. The van der Waals surface area contributed by atoms with Crippen molar-refractivity contribution in [2.45, 2.75) is 58.8 Å². The molecule has 3 nitrogen and oxygen atoms in total. The minimum atomic E-state index is -0.0672. The molecule has 0 spiro atoms. The molecule has 1 atom stereocenters. The van der Waals surface area contributed by atoms with E-state index in [-0.39, 0.29) is 17.7 Å². The number of nitrogens with zero attached hydrogens (tertiary/aromatic N) is 2. The summed E-state index contributed by atoms with van der Waals surface area (Å²) < 4.78 is 0. The van der Waals surface area contributed by atoms with Gasteiger partial charge in [-0.3, -0.25) is 4.79 Å². The molecule has 0 bridgehead atoms. The van der Waals surface area contributed by atoms with Gasteiger partial charge >= 0.3 is 0 Å². The van der Waals surface area contributed by atoms with Gasteiger partial charge in [-0.2, -0.15) is 5.26 Å². The number of rotatable bonds is 4. The fourth-order valence-corrected chi connectivity index (χ4v) is 2.71. The standard InChI is InChI=1S/C15H26N2O/c1-3-17(12-13(2)11-16)15(18)14-9-7-5-4-6-8-10-14/h13-14H,3-10,12H2,1-2H3. The lowest BCUT2D eigenvalue weighted by Crippen LogP contribution is -2.38. The average Bonchev–Trinajstić information content (AvgIpc) is 2.34. The Balaban J connectivity index is 2.55. The molecule has 1 amide bonds. The maximum absolute atomic E-state index is 12.5. The Morgan fingerprint density at radius 1 is 1.28 bits per heavy atom. The zero-order valence-electron chi connectivity index (χ0n) is 11.8. The van der Waals surface area contributed by atoms with Crippen molar-refractivity contribution >= 4 is 5.91 Å². The molecule has 0 radical (unpaired) electrons. The summed E-state index contributed by atoms with van der Waals surface area (Å²) in [5, 5.41) is 8.87. The molecule has 0 heterocycles. The SMILES string of the molecule is CCN(CC(C)C#N)C(=O)C1CCCCCCC1. The molecule has 0 aromatic heterocycles. The summed E-state index contributed by atoms with van der Waals surface area (Å²) in [6.45, 7) is 5.20. The lowest BCUT2D eigenvalue weighted by Gasteiger charge is -2.28. The van der Waals surface area contributed by atoms with Crippen molar-refractivity contribution in [3.8, 4) is 6.07 Å². The van der Waals surface area contributed by atoms with Crippen molar-refractivity contribution in [1.82, 2.24) is 4.90 Å². The third kappa shape index (κ3) is 4.68. The van der Waals surface area contributed by atoms with Gasteiger partial charge in [-0.05, 0) is 26.7 Å². The second kappa shape index (κ2) is 8.13. The molecule has 1 unspecified atom stereocenters. The van der Waals surface area contributed by atoms with Crippen LogP contribution < -0.4 is 0 Å². The first-order chi connectivity index (χ1) is 8.69. The van der Waals surface area contributed by atoms with Gasteiger partial charge in [0, 0.05) is 19.0 Å². The van der Waals surface area contributed by atoms with Gasteiger partial charge in [0.25, 0.3) is 0 Å². The second-order valence-corrected chi connectivity index (χ2v) is 5.45. The summed E-state index contributed by atoms with van der Waals surface area (Å²) in [7, 11) is 0. The molecule has 1 aliphatic carbocycles. The quantitative estimate of drug-likeness (QED) is 0.768. The smallest absolute Gasteiger partial charge is 0.225 e. The number of carbonyl (C=O) groups is 1. The Labute approximate surface area is 111 Å². The molecule has 1 fully saturated rings.